The molecule has 0 heterocycles. The van der Waals surface area contributed by atoms with E-state index in [9.17, 15) is 8.42 Å². The van der Waals surface area contributed by atoms with Crippen molar-refractivity contribution in [2.75, 3.05) is 38.2 Å². The Kier molecular flexibility index (Phi) is 7.71. The highest BCUT2D eigenvalue weighted by Crippen LogP contribution is 2.18. The predicted octanol–water partition coefficient (Wildman–Crippen LogP) is 2.56. The van der Waals surface area contributed by atoms with Crippen molar-refractivity contribution < 1.29 is 13.2 Å². The van der Waals surface area contributed by atoms with Crippen LogP contribution in [-0.4, -0.2) is 45.6 Å². The van der Waals surface area contributed by atoms with Gasteiger partial charge in [0.25, 0.3) is 0 Å². The SMILES string of the molecule is CCCNc1ccc(S(=O)(=O)N(CC)CCOCC)cc1. The molecule has 0 spiro atoms. The Morgan fingerprint density at radius 2 is 1.81 bits per heavy atom. The number of hydrogen-bond donors (Lipinski definition) is 1. The molecule has 6 heteroatoms. The van der Waals surface area contributed by atoms with Crippen LogP contribution in [0.4, 0.5) is 5.69 Å². The minimum atomic E-state index is -3.44. The van der Waals surface area contributed by atoms with Gasteiger partial charge in [-0.2, -0.15) is 4.31 Å². The first-order valence-corrected chi connectivity index (χ1v) is 8.92. The highest BCUT2D eigenvalue weighted by molar-refractivity contribution is 7.89. The minimum absolute atomic E-state index is 0.322. The molecule has 0 unspecified atom stereocenters. The van der Waals surface area contributed by atoms with E-state index in [1.165, 1.54) is 4.31 Å². The molecular formula is C15H26N2O3S. The van der Waals surface area contributed by atoms with Crippen molar-refractivity contribution in [3.63, 3.8) is 0 Å². The van der Waals surface area contributed by atoms with Gasteiger partial charge in [0.2, 0.25) is 10.0 Å². The van der Waals surface area contributed by atoms with Crippen molar-refractivity contribution in [1.29, 1.82) is 0 Å². The second-order valence-corrected chi connectivity index (χ2v) is 6.58. The predicted molar refractivity (Wildman–Crippen MR) is 86.1 cm³/mol. The van der Waals surface area contributed by atoms with Crippen LogP contribution in [0.3, 0.4) is 0 Å². The lowest BCUT2D eigenvalue weighted by Crippen LogP contribution is -2.33. The summed E-state index contributed by atoms with van der Waals surface area (Å²) < 4.78 is 31.8. The Balaban J connectivity index is 2.79. The van der Waals surface area contributed by atoms with Crippen molar-refractivity contribution in [2.45, 2.75) is 32.1 Å². The highest BCUT2D eigenvalue weighted by Gasteiger charge is 2.22. The van der Waals surface area contributed by atoms with Crippen molar-refractivity contribution in [3.8, 4) is 0 Å². The molecule has 0 aromatic heterocycles. The summed E-state index contributed by atoms with van der Waals surface area (Å²) in [6, 6.07) is 6.91. The first-order valence-electron chi connectivity index (χ1n) is 7.48. The summed E-state index contributed by atoms with van der Waals surface area (Å²) in [6.45, 7) is 8.52. The molecule has 0 aliphatic rings. The molecule has 0 atom stereocenters. The van der Waals surface area contributed by atoms with Gasteiger partial charge >= 0.3 is 0 Å². The van der Waals surface area contributed by atoms with E-state index < -0.39 is 10.0 Å². The zero-order chi connectivity index (χ0) is 15.7. The molecule has 0 radical (unpaired) electrons. The molecule has 0 bridgehead atoms. The second kappa shape index (κ2) is 9.02. The lowest BCUT2D eigenvalue weighted by Gasteiger charge is -2.20. The number of hydrogen-bond acceptors (Lipinski definition) is 4. The fraction of sp³-hybridized carbons (Fsp3) is 0.600. The van der Waals surface area contributed by atoms with E-state index in [4.69, 9.17) is 4.74 Å². The van der Waals surface area contributed by atoms with Crippen LogP contribution in [0.25, 0.3) is 0 Å². The van der Waals surface area contributed by atoms with Crippen LogP contribution in [0.15, 0.2) is 29.2 Å². The largest absolute Gasteiger partial charge is 0.385 e. The van der Waals surface area contributed by atoms with Crippen LogP contribution in [0, 0.1) is 0 Å². The molecule has 1 aromatic carbocycles. The molecule has 0 amide bonds. The fourth-order valence-corrected chi connectivity index (χ4v) is 3.36. The third-order valence-electron chi connectivity index (χ3n) is 3.11. The maximum absolute atomic E-state index is 12.5. The second-order valence-electron chi connectivity index (χ2n) is 4.64. The van der Waals surface area contributed by atoms with Gasteiger partial charge in [-0.1, -0.05) is 13.8 Å². The van der Waals surface area contributed by atoms with Gasteiger partial charge in [0.05, 0.1) is 11.5 Å². The van der Waals surface area contributed by atoms with Gasteiger partial charge in [-0.05, 0) is 37.6 Å². The summed E-state index contributed by atoms with van der Waals surface area (Å²) in [5.74, 6) is 0. The maximum Gasteiger partial charge on any atom is 0.243 e. The van der Waals surface area contributed by atoms with Crippen LogP contribution in [0.5, 0.6) is 0 Å². The Morgan fingerprint density at radius 1 is 1.14 bits per heavy atom. The summed E-state index contributed by atoms with van der Waals surface area (Å²) in [5, 5.41) is 3.23. The van der Waals surface area contributed by atoms with Crippen LogP contribution in [0.1, 0.15) is 27.2 Å². The first kappa shape index (κ1) is 17.9. The smallest absolute Gasteiger partial charge is 0.243 e. The van der Waals surface area contributed by atoms with E-state index in [1.54, 1.807) is 24.3 Å². The van der Waals surface area contributed by atoms with Gasteiger partial charge in [-0.25, -0.2) is 8.42 Å². The quantitative estimate of drug-likeness (QED) is 0.674. The van der Waals surface area contributed by atoms with Gasteiger partial charge in [-0.3, -0.25) is 0 Å². The molecule has 0 saturated heterocycles. The fourth-order valence-electron chi connectivity index (χ4n) is 1.92. The molecule has 0 aliphatic heterocycles. The molecule has 1 N–H and O–H groups in total. The topological polar surface area (TPSA) is 58.6 Å². The Morgan fingerprint density at radius 3 is 2.33 bits per heavy atom. The molecule has 0 fully saturated rings. The molecule has 120 valence electrons. The van der Waals surface area contributed by atoms with Crippen molar-refractivity contribution in [1.82, 2.24) is 4.31 Å². The van der Waals surface area contributed by atoms with Crippen LogP contribution in [-0.2, 0) is 14.8 Å². The zero-order valence-electron chi connectivity index (χ0n) is 13.1. The normalized spacial score (nSPS) is 11.8. The first-order chi connectivity index (χ1) is 10.1. The molecular weight excluding hydrogens is 288 g/mol. The molecule has 21 heavy (non-hydrogen) atoms. The highest BCUT2D eigenvalue weighted by atomic mass is 32.2. The van der Waals surface area contributed by atoms with Crippen molar-refractivity contribution in [2.24, 2.45) is 0 Å². The summed E-state index contributed by atoms with van der Waals surface area (Å²) in [7, 11) is -3.44. The number of sulfonamides is 1. The number of anilines is 1. The number of nitrogens with zero attached hydrogens (tertiary/aromatic N) is 1. The zero-order valence-corrected chi connectivity index (χ0v) is 13.9. The Labute approximate surface area is 128 Å². The monoisotopic (exact) mass is 314 g/mol. The van der Waals surface area contributed by atoms with Crippen LogP contribution in [0.2, 0.25) is 0 Å². The maximum atomic E-state index is 12.5. The van der Waals surface area contributed by atoms with Crippen molar-refractivity contribution in [3.05, 3.63) is 24.3 Å². The van der Waals surface area contributed by atoms with E-state index >= 15 is 0 Å². The van der Waals surface area contributed by atoms with Gasteiger partial charge in [0, 0.05) is 31.9 Å². The summed E-state index contributed by atoms with van der Waals surface area (Å²) >= 11 is 0. The number of ether oxygens (including phenoxy) is 1. The van der Waals surface area contributed by atoms with E-state index in [2.05, 4.69) is 12.2 Å². The van der Waals surface area contributed by atoms with Gasteiger partial charge in [0.1, 0.15) is 0 Å². The summed E-state index contributed by atoms with van der Waals surface area (Å²) in [6.07, 6.45) is 1.03. The van der Waals surface area contributed by atoms with Crippen LogP contribution >= 0.6 is 0 Å². The Hall–Kier alpha value is -1.11. The molecule has 0 saturated carbocycles. The van der Waals surface area contributed by atoms with Gasteiger partial charge in [0.15, 0.2) is 0 Å². The standard InChI is InChI=1S/C15H26N2O3S/c1-4-11-16-14-7-9-15(10-8-14)21(18,19)17(5-2)12-13-20-6-3/h7-10,16H,4-6,11-13H2,1-3H3. The van der Waals surface area contributed by atoms with Crippen LogP contribution < -0.4 is 5.32 Å². The minimum Gasteiger partial charge on any atom is -0.385 e. The number of benzene rings is 1. The average Bonchev–Trinajstić information content (AvgIpc) is 2.49. The van der Waals surface area contributed by atoms with E-state index in [0.29, 0.717) is 31.2 Å². The molecule has 5 nitrogen and oxygen atoms in total. The molecule has 1 rings (SSSR count). The molecule has 0 aliphatic carbocycles. The van der Waals surface area contributed by atoms with E-state index in [1.807, 2.05) is 13.8 Å². The lowest BCUT2D eigenvalue weighted by atomic mass is 10.3. The Bertz CT molecular complexity index is 500. The molecule has 1 aromatic rings. The number of likely N-dealkylation sites (N-methyl/N-ethyl adjacent to an activating group) is 1. The number of rotatable bonds is 10. The number of nitrogens with one attached hydrogen (secondary N) is 1. The van der Waals surface area contributed by atoms with Crippen molar-refractivity contribution >= 4 is 15.7 Å². The average molecular weight is 314 g/mol. The summed E-state index contributed by atoms with van der Waals surface area (Å²) in [5.41, 5.74) is 0.938. The van der Waals surface area contributed by atoms with Gasteiger partial charge < -0.3 is 10.1 Å². The van der Waals surface area contributed by atoms with E-state index in [0.717, 1.165) is 18.7 Å². The van der Waals surface area contributed by atoms with Gasteiger partial charge in [-0.15, -0.1) is 0 Å². The van der Waals surface area contributed by atoms with E-state index in [-0.39, 0.29) is 0 Å². The summed E-state index contributed by atoms with van der Waals surface area (Å²) in [4.78, 5) is 0.322. The third-order valence-corrected chi connectivity index (χ3v) is 5.10. The third kappa shape index (κ3) is 5.30. The lowest BCUT2D eigenvalue weighted by molar-refractivity contribution is 0.135.